The lowest BCUT2D eigenvalue weighted by atomic mass is 10.1. The summed E-state index contributed by atoms with van der Waals surface area (Å²) in [6, 6.07) is 7.39. The lowest BCUT2D eigenvalue weighted by molar-refractivity contribution is 0.622. The maximum Gasteiger partial charge on any atom is 0.123 e. The molecule has 112 valence electrons. The van der Waals surface area contributed by atoms with E-state index in [1.54, 1.807) is 0 Å². The maximum absolute atomic E-state index is 13.0. The van der Waals surface area contributed by atoms with Crippen molar-refractivity contribution >= 4 is 0 Å². The van der Waals surface area contributed by atoms with Gasteiger partial charge in [0.1, 0.15) is 5.82 Å². The van der Waals surface area contributed by atoms with Crippen LogP contribution in [0.1, 0.15) is 35.4 Å². The van der Waals surface area contributed by atoms with Gasteiger partial charge in [0.15, 0.2) is 0 Å². The summed E-state index contributed by atoms with van der Waals surface area (Å²) in [5, 5.41) is 8.18. The normalized spacial score (nSPS) is 14.6. The van der Waals surface area contributed by atoms with Gasteiger partial charge in [0.25, 0.3) is 0 Å². The van der Waals surface area contributed by atoms with Crippen LogP contribution in [0, 0.1) is 19.7 Å². The second kappa shape index (κ2) is 5.98. The van der Waals surface area contributed by atoms with Gasteiger partial charge in [-0.15, -0.1) is 0 Å². The SMILES string of the molecule is Cc1nn(Cc2ccc(F)cc2)c(C)c1CCNC1CC1. The van der Waals surface area contributed by atoms with Crippen molar-refractivity contribution in [3.8, 4) is 0 Å². The van der Waals surface area contributed by atoms with Gasteiger partial charge in [-0.2, -0.15) is 5.10 Å². The number of nitrogens with one attached hydrogen (secondary N) is 1. The zero-order chi connectivity index (χ0) is 14.8. The van der Waals surface area contributed by atoms with Crippen molar-refractivity contribution in [2.24, 2.45) is 0 Å². The van der Waals surface area contributed by atoms with Gasteiger partial charge in [-0.1, -0.05) is 12.1 Å². The van der Waals surface area contributed by atoms with Crippen LogP contribution in [0.15, 0.2) is 24.3 Å². The Hall–Kier alpha value is -1.68. The first-order valence-corrected chi connectivity index (χ1v) is 7.64. The molecule has 1 aromatic carbocycles. The van der Waals surface area contributed by atoms with Crippen molar-refractivity contribution in [2.45, 2.75) is 45.7 Å². The fraction of sp³-hybridized carbons (Fsp3) is 0.471. The van der Waals surface area contributed by atoms with Gasteiger partial charge in [-0.25, -0.2) is 4.39 Å². The van der Waals surface area contributed by atoms with Crippen molar-refractivity contribution in [3.05, 3.63) is 52.6 Å². The zero-order valence-corrected chi connectivity index (χ0v) is 12.7. The summed E-state index contributed by atoms with van der Waals surface area (Å²) in [7, 11) is 0. The van der Waals surface area contributed by atoms with Crippen LogP contribution < -0.4 is 5.32 Å². The Morgan fingerprint density at radius 2 is 1.95 bits per heavy atom. The van der Waals surface area contributed by atoms with Crippen molar-refractivity contribution in [1.29, 1.82) is 0 Å². The summed E-state index contributed by atoms with van der Waals surface area (Å²) < 4.78 is 15.0. The Morgan fingerprint density at radius 1 is 1.24 bits per heavy atom. The van der Waals surface area contributed by atoms with Crippen LogP contribution in [0.25, 0.3) is 0 Å². The van der Waals surface area contributed by atoms with Crippen LogP contribution in [0.5, 0.6) is 0 Å². The van der Waals surface area contributed by atoms with Crippen molar-refractivity contribution in [3.63, 3.8) is 0 Å². The smallest absolute Gasteiger partial charge is 0.123 e. The first-order valence-electron chi connectivity index (χ1n) is 7.64. The molecule has 3 rings (SSSR count). The molecule has 0 bridgehead atoms. The van der Waals surface area contributed by atoms with E-state index in [4.69, 9.17) is 0 Å². The Kier molecular flexibility index (Phi) is 4.06. The van der Waals surface area contributed by atoms with Gasteiger partial charge in [0, 0.05) is 11.7 Å². The summed E-state index contributed by atoms with van der Waals surface area (Å²) in [5.41, 5.74) is 4.73. The molecule has 0 atom stereocenters. The Morgan fingerprint density at radius 3 is 2.62 bits per heavy atom. The molecule has 1 aromatic heterocycles. The van der Waals surface area contributed by atoms with E-state index >= 15 is 0 Å². The number of rotatable bonds is 6. The highest BCUT2D eigenvalue weighted by molar-refractivity contribution is 5.26. The quantitative estimate of drug-likeness (QED) is 0.885. The first kappa shape index (κ1) is 14.3. The number of benzene rings is 1. The van der Waals surface area contributed by atoms with Gasteiger partial charge < -0.3 is 5.32 Å². The first-order chi connectivity index (χ1) is 10.1. The molecule has 1 saturated carbocycles. The fourth-order valence-electron chi connectivity index (χ4n) is 2.70. The molecule has 0 amide bonds. The lowest BCUT2D eigenvalue weighted by Crippen LogP contribution is -2.19. The standard InChI is InChI=1S/C17H22FN3/c1-12-17(9-10-19-16-7-8-16)13(2)21(20-12)11-14-3-5-15(18)6-4-14/h3-6,16,19H,7-11H2,1-2H3. The van der Waals surface area contributed by atoms with E-state index in [0.717, 1.165) is 30.3 Å². The van der Waals surface area contributed by atoms with E-state index in [9.17, 15) is 4.39 Å². The number of aryl methyl sites for hydroxylation is 1. The van der Waals surface area contributed by atoms with Crippen LogP contribution >= 0.6 is 0 Å². The average molecular weight is 287 g/mol. The summed E-state index contributed by atoms with van der Waals surface area (Å²) in [5.74, 6) is -0.195. The average Bonchev–Trinajstić information content (AvgIpc) is 3.24. The minimum atomic E-state index is -0.195. The molecule has 0 aliphatic heterocycles. The highest BCUT2D eigenvalue weighted by Crippen LogP contribution is 2.19. The Bertz CT molecular complexity index is 612. The minimum Gasteiger partial charge on any atom is -0.314 e. The molecule has 0 spiro atoms. The van der Waals surface area contributed by atoms with Crippen LogP contribution in [-0.4, -0.2) is 22.4 Å². The van der Waals surface area contributed by atoms with Gasteiger partial charge in [-0.05, 0) is 62.9 Å². The molecule has 1 heterocycles. The topological polar surface area (TPSA) is 29.9 Å². The largest absolute Gasteiger partial charge is 0.314 e. The fourth-order valence-corrected chi connectivity index (χ4v) is 2.70. The number of nitrogens with zero attached hydrogens (tertiary/aromatic N) is 2. The summed E-state index contributed by atoms with van der Waals surface area (Å²) in [6.45, 7) is 5.91. The van der Waals surface area contributed by atoms with Gasteiger partial charge >= 0.3 is 0 Å². The predicted molar refractivity (Wildman–Crippen MR) is 81.9 cm³/mol. The third kappa shape index (κ3) is 3.50. The van der Waals surface area contributed by atoms with Crippen molar-refractivity contribution in [2.75, 3.05) is 6.54 Å². The van der Waals surface area contributed by atoms with E-state index < -0.39 is 0 Å². The van der Waals surface area contributed by atoms with Crippen LogP contribution in [0.2, 0.25) is 0 Å². The maximum atomic E-state index is 13.0. The van der Waals surface area contributed by atoms with Gasteiger partial charge in [0.05, 0.1) is 12.2 Å². The number of aromatic nitrogens is 2. The molecule has 2 aromatic rings. The number of hydrogen-bond acceptors (Lipinski definition) is 2. The molecule has 1 aliphatic carbocycles. The summed E-state index contributed by atoms with van der Waals surface area (Å²) in [4.78, 5) is 0. The molecule has 0 radical (unpaired) electrons. The molecule has 1 N–H and O–H groups in total. The predicted octanol–water partition coefficient (Wildman–Crippen LogP) is 2.98. The highest BCUT2D eigenvalue weighted by Gasteiger charge is 2.20. The Labute approximate surface area is 125 Å². The van der Waals surface area contributed by atoms with E-state index in [1.807, 2.05) is 16.8 Å². The monoisotopic (exact) mass is 287 g/mol. The van der Waals surface area contributed by atoms with Crippen LogP contribution in [0.4, 0.5) is 4.39 Å². The molecule has 3 nitrogen and oxygen atoms in total. The molecular formula is C17H22FN3. The van der Waals surface area contributed by atoms with E-state index in [-0.39, 0.29) is 5.82 Å². The molecule has 0 unspecified atom stereocenters. The molecule has 1 fully saturated rings. The molecule has 1 aliphatic rings. The van der Waals surface area contributed by atoms with Gasteiger partial charge in [-0.3, -0.25) is 4.68 Å². The van der Waals surface area contributed by atoms with Crippen molar-refractivity contribution in [1.82, 2.24) is 15.1 Å². The third-order valence-electron chi connectivity index (χ3n) is 4.16. The van der Waals surface area contributed by atoms with E-state index in [1.165, 1.54) is 36.2 Å². The molecule has 4 heteroatoms. The lowest BCUT2D eigenvalue weighted by Gasteiger charge is -2.06. The van der Waals surface area contributed by atoms with Crippen LogP contribution in [-0.2, 0) is 13.0 Å². The summed E-state index contributed by atoms with van der Waals surface area (Å²) in [6.07, 6.45) is 3.67. The molecule has 21 heavy (non-hydrogen) atoms. The second-order valence-electron chi connectivity index (χ2n) is 5.91. The highest BCUT2D eigenvalue weighted by atomic mass is 19.1. The molecular weight excluding hydrogens is 265 g/mol. The van der Waals surface area contributed by atoms with Gasteiger partial charge in [0.2, 0.25) is 0 Å². The third-order valence-corrected chi connectivity index (χ3v) is 4.16. The Balaban J connectivity index is 1.68. The number of hydrogen-bond donors (Lipinski definition) is 1. The zero-order valence-electron chi connectivity index (χ0n) is 12.7. The molecule has 0 saturated heterocycles. The van der Waals surface area contributed by atoms with Crippen LogP contribution in [0.3, 0.4) is 0 Å². The van der Waals surface area contributed by atoms with Crippen molar-refractivity contribution < 1.29 is 4.39 Å². The van der Waals surface area contributed by atoms with E-state index in [2.05, 4.69) is 24.3 Å². The minimum absolute atomic E-state index is 0.195. The van der Waals surface area contributed by atoms with E-state index in [0.29, 0.717) is 6.54 Å². The summed E-state index contributed by atoms with van der Waals surface area (Å²) >= 11 is 0. The number of halogens is 1. The second-order valence-corrected chi connectivity index (χ2v) is 5.91.